The Labute approximate surface area is 183 Å². The van der Waals surface area contributed by atoms with Gasteiger partial charge in [0.05, 0.1) is 11.8 Å². The Morgan fingerprint density at radius 3 is 2.47 bits per heavy atom. The molecule has 6 heteroatoms. The number of hydrogen-bond acceptors (Lipinski definition) is 4. The van der Waals surface area contributed by atoms with E-state index in [1.807, 2.05) is 30.5 Å². The number of aryl methyl sites for hydroxylation is 2. The van der Waals surface area contributed by atoms with E-state index in [-0.39, 0.29) is 11.9 Å². The summed E-state index contributed by atoms with van der Waals surface area (Å²) in [6.45, 7) is 10.4. The summed E-state index contributed by atoms with van der Waals surface area (Å²) in [5, 5.41) is 12.3. The van der Waals surface area contributed by atoms with Crippen molar-refractivity contribution in [3.8, 4) is 5.69 Å². The minimum Gasteiger partial charge on any atom is -0.349 e. The fraction of sp³-hybridized carbons (Fsp3) is 0.375. The van der Waals surface area contributed by atoms with Crippen molar-refractivity contribution in [3.63, 3.8) is 0 Å². The second kappa shape index (κ2) is 9.94. The molecule has 0 saturated heterocycles. The molecular weight excluding hydrogens is 392 g/mol. The molecule has 30 heavy (non-hydrogen) atoms. The number of benzene rings is 2. The Morgan fingerprint density at radius 1 is 1.07 bits per heavy atom. The molecule has 1 amide bonds. The second-order valence-corrected chi connectivity index (χ2v) is 9.06. The number of hydrogen-bond donors (Lipinski definition) is 1. The van der Waals surface area contributed by atoms with Gasteiger partial charge in [-0.1, -0.05) is 62.0 Å². The van der Waals surface area contributed by atoms with Gasteiger partial charge in [0.2, 0.25) is 5.91 Å². The standard InChI is InChI=1S/C24H30N4OS/c1-16(2)13-20-9-11-21(12-10-20)18(4)25-23(29)15-30-24-27-26-19(5)28(24)22-8-6-7-17(3)14-22/h6-12,14,16,18H,13,15H2,1-5H3,(H,25,29). The molecule has 0 radical (unpaired) electrons. The number of thioether (sulfide) groups is 1. The van der Waals surface area contributed by atoms with Crippen LogP contribution in [0.2, 0.25) is 0 Å². The number of nitrogens with one attached hydrogen (secondary N) is 1. The molecule has 0 spiro atoms. The first-order chi connectivity index (χ1) is 14.3. The molecule has 1 atom stereocenters. The van der Waals surface area contributed by atoms with Crippen LogP contribution < -0.4 is 5.32 Å². The summed E-state index contributed by atoms with van der Waals surface area (Å²) in [7, 11) is 0. The van der Waals surface area contributed by atoms with Crippen LogP contribution in [0.15, 0.2) is 53.7 Å². The lowest BCUT2D eigenvalue weighted by Gasteiger charge is -2.15. The minimum absolute atomic E-state index is 0.0183. The van der Waals surface area contributed by atoms with Gasteiger partial charge in [-0.15, -0.1) is 10.2 Å². The molecule has 158 valence electrons. The van der Waals surface area contributed by atoms with Crippen LogP contribution >= 0.6 is 11.8 Å². The van der Waals surface area contributed by atoms with Gasteiger partial charge in [-0.05, 0) is 61.9 Å². The van der Waals surface area contributed by atoms with Crippen LogP contribution in [0, 0.1) is 19.8 Å². The summed E-state index contributed by atoms with van der Waals surface area (Å²) >= 11 is 1.40. The zero-order valence-corrected chi connectivity index (χ0v) is 19.2. The van der Waals surface area contributed by atoms with E-state index in [0.717, 1.165) is 28.7 Å². The molecule has 3 rings (SSSR count). The maximum Gasteiger partial charge on any atom is 0.230 e. The van der Waals surface area contributed by atoms with Gasteiger partial charge in [0.25, 0.3) is 0 Å². The van der Waals surface area contributed by atoms with E-state index in [0.29, 0.717) is 11.7 Å². The highest BCUT2D eigenvalue weighted by atomic mass is 32.2. The van der Waals surface area contributed by atoms with Crippen molar-refractivity contribution < 1.29 is 4.79 Å². The van der Waals surface area contributed by atoms with Crippen LogP contribution in [-0.4, -0.2) is 26.4 Å². The maximum atomic E-state index is 12.5. The van der Waals surface area contributed by atoms with Crippen LogP contribution in [-0.2, 0) is 11.2 Å². The van der Waals surface area contributed by atoms with E-state index < -0.39 is 0 Å². The lowest BCUT2D eigenvalue weighted by atomic mass is 10.00. The quantitative estimate of drug-likeness (QED) is 0.516. The SMILES string of the molecule is Cc1cccc(-n2c(C)nnc2SCC(=O)NC(C)c2ccc(CC(C)C)cc2)c1. The van der Waals surface area contributed by atoms with Crippen molar-refractivity contribution in [1.82, 2.24) is 20.1 Å². The van der Waals surface area contributed by atoms with Crippen molar-refractivity contribution in [1.29, 1.82) is 0 Å². The van der Waals surface area contributed by atoms with Crippen molar-refractivity contribution in [3.05, 3.63) is 71.0 Å². The third-order valence-corrected chi connectivity index (χ3v) is 5.82. The predicted octanol–water partition coefficient (Wildman–Crippen LogP) is 5.05. The molecule has 0 fully saturated rings. The van der Waals surface area contributed by atoms with Crippen LogP contribution in [0.5, 0.6) is 0 Å². The summed E-state index contributed by atoms with van der Waals surface area (Å²) in [5.41, 5.74) is 4.62. The lowest BCUT2D eigenvalue weighted by Crippen LogP contribution is -2.28. The molecule has 0 bridgehead atoms. The smallest absolute Gasteiger partial charge is 0.230 e. The number of rotatable bonds is 8. The van der Waals surface area contributed by atoms with Crippen molar-refractivity contribution in [2.45, 2.75) is 52.2 Å². The monoisotopic (exact) mass is 422 g/mol. The average Bonchev–Trinajstić information content (AvgIpc) is 3.07. The van der Waals surface area contributed by atoms with Gasteiger partial charge < -0.3 is 5.32 Å². The van der Waals surface area contributed by atoms with Crippen LogP contribution in [0.3, 0.4) is 0 Å². The first-order valence-electron chi connectivity index (χ1n) is 10.3. The molecule has 1 heterocycles. The molecule has 0 saturated carbocycles. The summed E-state index contributed by atoms with van der Waals surface area (Å²) in [4.78, 5) is 12.5. The zero-order chi connectivity index (χ0) is 21.7. The van der Waals surface area contributed by atoms with E-state index in [4.69, 9.17) is 0 Å². The van der Waals surface area contributed by atoms with Crippen LogP contribution in [0.4, 0.5) is 0 Å². The molecule has 1 aromatic heterocycles. The molecule has 0 aliphatic heterocycles. The Bertz CT molecular complexity index is 995. The van der Waals surface area contributed by atoms with Crippen molar-refractivity contribution in [2.75, 3.05) is 5.75 Å². The molecule has 1 N–H and O–H groups in total. The van der Waals surface area contributed by atoms with E-state index in [1.54, 1.807) is 0 Å². The van der Waals surface area contributed by atoms with E-state index in [1.165, 1.54) is 22.9 Å². The van der Waals surface area contributed by atoms with Crippen LogP contribution in [0.1, 0.15) is 49.3 Å². The molecule has 1 unspecified atom stereocenters. The van der Waals surface area contributed by atoms with Gasteiger partial charge in [-0.3, -0.25) is 9.36 Å². The maximum absolute atomic E-state index is 12.5. The highest BCUT2D eigenvalue weighted by molar-refractivity contribution is 7.99. The summed E-state index contributed by atoms with van der Waals surface area (Å²) in [6, 6.07) is 16.7. The van der Waals surface area contributed by atoms with Gasteiger partial charge in [0.1, 0.15) is 5.82 Å². The minimum atomic E-state index is -0.0393. The fourth-order valence-corrected chi connectivity index (χ4v) is 4.22. The lowest BCUT2D eigenvalue weighted by molar-refractivity contribution is -0.119. The summed E-state index contributed by atoms with van der Waals surface area (Å²) in [5.74, 6) is 1.71. The third-order valence-electron chi connectivity index (χ3n) is 4.89. The first kappa shape index (κ1) is 22.1. The number of aromatic nitrogens is 3. The number of amides is 1. The number of nitrogens with zero attached hydrogens (tertiary/aromatic N) is 3. The second-order valence-electron chi connectivity index (χ2n) is 8.12. The first-order valence-corrected chi connectivity index (χ1v) is 11.3. The van der Waals surface area contributed by atoms with E-state index >= 15 is 0 Å². The Balaban J connectivity index is 1.60. The van der Waals surface area contributed by atoms with E-state index in [2.05, 4.69) is 72.7 Å². The highest BCUT2D eigenvalue weighted by Crippen LogP contribution is 2.23. The topological polar surface area (TPSA) is 59.8 Å². The third kappa shape index (κ3) is 5.72. The van der Waals surface area contributed by atoms with E-state index in [9.17, 15) is 4.79 Å². The largest absolute Gasteiger partial charge is 0.349 e. The van der Waals surface area contributed by atoms with Crippen LogP contribution in [0.25, 0.3) is 5.69 Å². The molecule has 0 aliphatic carbocycles. The van der Waals surface area contributed by atoms with Crippen molar-refractivity contribution in [2.24, 2.45) is 5.92 Å². The Morgan fingerprint density at radius 2 is 1.80 bits per heavy atom. The predicted molar refractivity (Wildman–Crippen MR) is 123 cm³/mol. The molecule has 0 aliphatic rings. The number of carbonyl (C=O) groups excluding carboxylic acids is 1. The molecular formula is C24H30N4OS. The molecule has 2 aromatic carbocycles. The van der Waals surface area contributed by atoms with Gasteiger partial charge in [0.15, 0.2) is 5.16 Å². The summed E-state index contributed by atoms with van der Waals surface area (Å²) < 4.78 is 1.99. The molecule has 3 aromatic rings. The zero-order valence-electron chi connectivity index (χ0n) is 18.3. The van der Waals surface area contributed by atoms with Gasteiger partial charge >= 0.3 is 0 Å². The van der Waals surface area contributed by atoms with Gasteiger partial charge in [-0.25, -0.2) is 0 Å². The fourth-order valence-electron chi connectivity index (χ4n) is 3.41. The normalized spacial score (nSPS) is 12.2. The van der Waals surface area contributed by atoms with Gasteiger partial charge in [0, 0.05) is 5.69 Å². The molecule has 5 nitrogen and oxygen atoms in total. The average molecular weight is 423 g/mol. The Kier molecular flexibility index (Phi) is 7.32. The highest BCUT2D eigenvalue weighted by Gasteiger charge is 2.15. The van der Waals surface area contributed by atoms with Crippen molar-refractivity contribution >= 4 is 17.7 Å². The number of carbonyl (C=O) groups is 1. The van der Waals surface area contributed by atoms with Gasteiger partial charge in [-0.2, -0.15) is 0 Å². The Hall–Kier alpha value is -2.60. The summed E-state index contributed by atoms with van der Waals surface area (Å²) in [6.07, 6.45) is 1.07.